The van der Waals surface area contributed by atoms with Gasteiger partial charge in [-0.25, -0.2) is 13.2 Å². The van der Waals surface area contributed by atoms with Gasteiger partial charge in [0.15, 0.2) is 6.10 Å². The lowest BCUT2D eigenvalue weighted by Gasteiger charge is -2.20. The molecule has 0 fully saturated rings. The van der Waals surface area contributed by atoms with E-state index in [1.165, 1.54) is 33.0 Å². The lowest BCUT2D eigenvalue weighted by atomic mass is 10.2. The van der Waals surface area contributed by atoms with Crippen molar-refractivity contribution in [1.29, 1.82) is 0 Å². The number of esters is 1. The van der Waals surface area contributed by atoms with Gasteiger partial charge in [0.1, 0.15) is 0 Å². The van der Waals surface area contributed by atoms with E-state index in [0.29, 0.717) is 17.1 Å². The van der Waals surface area contributed by atoms with Gasteiger partial charge in [-0.3, -0.25) is 13.9 Å². The quantitative estimate of drug-likeness (QED) is 0.419. The van der Waals surface area contributed by atoms with Crippen molar-refractivity contribution in [3.8, 4) is 0 Å². The first-order valence-electron chi connectivity index (χ1n) is 10.7. The van der Waals surface area contributed by atoms with Crippen LogP contribution < -0.4 is 14.9 Å². The largest absolute Gasteiger partial charge is 0.449 e. The van der Waals surface area contributed by atoms with Gasteiger partial charge in [0, 0.05) is 25.3 Å². The number of halogens is 1. The van der Waals surface area contributed by atoms with Gasteiger partial charge in [-0.1, -0.05) is 29.8 Å². The van der Waals surface area contributed by atoms with Gasteiger partial charge >= 0.3 is 5.97 Å². The summed E-state index contributed by atoms with van der Waals surface area (Å²) in [6.45, 7) is 2.75. The highest BCUT2D eigenvalue weighted by Crippen LogP contribution is 2.26. The van der Waals surface area contributed by atoms with Crippen molar-refractivity contribution in [3.05, 3.63) is 83.4 Å². The second-order valence-corrected chi connectivity index (χ2v) is 10.1. The maximum absolute atomic E-state index is 13.1. The van der Waals surface area contributed by atoms with Crippen molar-refractivity contribution in [1.82, 2.24) is 0 Å². The number of carbonyl (C=O) groups is 3. The average Bonchev–Trinajstić information content (AvgIpc) is 2.85. The molecule has 0 aromatic heterocycles. The van der Waals surface area contributed by atoms with Crippen LogP contribution in [0.3, 0.4) is 0 Å². The normalized spacial score (nSPS) is 11.8. The fourth-order valence-electron chi connectivity index (χ4n) is 3.12. The number of carbonyl (C=O) groups excluding carboxylic acids is 3. The van der Waals surface area contributed by atoms with Crippen LogP contribution in [0.25, 0.3) is 0 Å². The van der Waals surface area contributed by atoms with Gasteiger partial charge in [-0.2, -0.15) is 0 Å². The smallest absolute Gasteiger partial charge is 0.340 e. The van der Waals surface area contributed by atoms with Crippen molar-refractivity contribution < 1.29 is 27.5 Å². The third kappa shape index (κ3) is 6.41. The van der Waals surface area contributed by atoms with Crippen molar-refractivity contribution in [2.75, 3.05) is 22.0 Å². The Hall–Kier alpha value is -3.89. The number of ether oxygens (including phenoxy) is 1. The SMILES string of the molecule is CC(=O)Nc1ccc(NC(=O)[C@@H](C)OC(=O)c2cc(S(=O)(=O)N(C)c3ccccc3)ccc2Cl)cc1. The Balaban J connectivity index is 1.72. The molecule has 0 aliphatic carbocycles. The van der Waals surface area contributed by atoms with Crippen molar-refractivity contribution in [3.63, 3.8) is 0 Å². The maximum atomic E-state index is 13.1. The summed E-state index contributed by atoms with van der Waals surface area (Å²) < 4.78 is 32.5. The molecule has 2 amide bonds. The highest BCUT2D eigenvalue weighted by Gasteiger charge is 2.26. The minimum absolute atomic E-state index is 0.0255. The molecule has 3 aromatic carbocycles. The van der Waals surface area contributed by atoms with Crippen LogP contribution in [0.4, 0.5) is 17.1 Å². The summed E-state index contributed by atoms with van der Waals surface area (Å²) in [7, 11) is -2.60. The van der Waals surface area contributed by atoms with Crippen molar-refractivity contribution in [2.24, 2.45) is 0 Å². The topological polar surface area (TPSA) is 122 Å². The van der Waals surface area contributed by atoms with Crippen LogP contribution in [0.1, 0.15) is 24.2 Å². The molecule has 36 heavy (non-hydrogen) atoms. The minimum atomic E-state index is -4.00. The van der Waals surface area contributed by atoms with E-state index < -0.39 is 28.0 Å². The molecule has 3 rings (SSSR count). The number of para-hydroxylation sites is 1. The van der Waals surface area contributed by atoms with E-state index in [-0.39, 0.29) is 21.4 Å². The summed E-state index contributed by atoms with van der Waals surface area (Å²) in [5.41, 5.74) is 1.22. The number of rotatable bonds is 8. The van der Waals surface area contributed by atoms with E-state index in [4.69, 9.17) is 16.3 Å². The zero-order valence-corrected chi connectivity index (χ0v) is 21.3. The summed E-state index contributed by atoms with van der Waals surface area (Å²) in [6.07, 6.45) is -1.21. The van der Waals surface area contributed by atoms with Crippen LogP contribution >= 0.6 is 11.6 Å². The number of hydrogen-bond donors (Lipinski definition) is 2. The van der Waals surface area contributed by atoms with Crippen LogP contribution in [0.5, 0.6) is 0 Å². The molecule has 0 saturated carbocycles. The fraction of sp³-hybridized carbons (Fsp3) is 0.160. The molecule has 9 nitrogen and oxygen atoms in total. The first-order valence-corrected chi connectivity index (χ1v) is 12.5. The van der Waals surface area contributed by atoms with Crippen LogP contribution in [0.2, 0.25) is 5.02 Å². The molecule has 0 spiro atoms. The van der Waals surface area contributed by atoms with E-state index in [1.54, 1.807) is 54.6 Å². The average molecular weight is 530 g/mol. The Kier molecular flexibility index (Phi) is 8.33. The summed E-state index contributed by atoms with van der Waals surface area (Å²) >= 11 is 6.14. The predicted molar refractivity (Wildman–Crippen MR) is 138 cm³/mol. The van der Waals surface area contributed by atoms with E-state index in [0.717, 1.165) is 10.4 Å². The second kappa shape index (κ2) is 11.2. The predicted octanol–water partition coefficient (Wildman–Crippen LogP) is 4.31. The number of nitrogens with zero attached hydrogens (tertiary/aromatic N) is 1. The van der Waals surface area contributed by atoms with Crippen molar-refractivity contribution in [2.45, 2.75) is 24.8 Å². The summed E-state index contributed by atoms with van der Waals surface area (Å²) in [5.74, 6) is -1.79. The van der Waals surface area contributed by atoms with Gasteiger partial charge in [-0.05, 0) is 61.5 Å². The summed E-state index contributed by atoms with van der Waals surface area (Å²) in [6, 6.07) is 18.5. The minimum Gasteiger partial charge on any atom is -0.449 e. The number of benzene rings is 3. The summed E-state index contributed by atoms with van der Waals surface area (Å²) in [4.78, 5) is 36.2. The molecule has 0 unspecified atom stereocenters. The Morgan fingerprint density at radius 3 is 2.08 bits per heavy atom. The number of hydrogen-bond acceptors (Lipinski definition) is 6. The van der Waals surface area contributed by atoms with Crippen LogP contribution in [0.15, 0.2) is 77.7 Å². The van der Waals surface area contributed by atoms with E-state index in [2.05, 4.69) is 10.6 Å². The first-order chi connectivity index (χ1) is 17.0. The molecule has 1 atom stereocenters. The van der Waals surface area contributed by atoms with Gasteiger partial charge in [0.2, 0.25) is 5.91 Å². The van der Waals surface area contributed by atoms with Crippen LogP contribution in [-0.4, -0.2) is 39.4 Å². The van der Waals surface area contributed by atoms with E-state index in [1.807, 2.05) is 0 Å². The van der Waals surface area contributed by atoms with Gasteiger partial charge in [0.05, 0.1) is 21.2 Å². The third-order valence-electron chi connectivity index (χ3n) is 5.06. The van der Waals surface area contributed by atoms with E-state index >= 15 is 0 Å². The fourth-order valence-corrected chi connectivity index (χ4v) is 4.53. The molecule has 2 N–H and O–H groups in total. The summed E-state index contributed by atoms with van der Waals surface area (Å²) in [5, 5.41) is 5.18. The highest BCUT2D eigenvalue weighted by molar-refractivity contribution is 7.92. The van der Waals surface area contributed by atoms with Gasteiger partial charge in [-0.15, -0.1) is 0 Å². The van der Waals surface area contributed by atoms with E-state index in [9.17, 15) is 22.8 Å². The molecule has 0 radical (unpaired) electrons. The number of nitrogens with one attached hydrogen (secondary N) is 2. The van der Waals surface area contributed by atoms with Gasteiger partial charge < -0.3 is 15.4 Å². The van der Waals surface area contributed by atoms with Crippen molar-refractivity contribution >= 4 is 56.5 Å². The highest BCUT2D eigenvalue weighted by atomic mass is 35.5. The third-order valence-corrected chi connectivity index (χ3v) is 7.17. The molecule has 11 heteroatoms. The standard InChI is InChI=1S/C25H24ClN3O6S/c1-16(24(31)28-19-11-9-18(10-12-19)27-17(2)30)35-25(32)22-15-21(13-14-23(22)26)36(33,34)29(3)20-7-5-4-6-8-20/h4-16H,1-3H3,(H,27,30)(H,28,31)/t16-/m1/s1. The molecule has 0 saturated heterocycles. The zero-order chi connectivity index (χ0) is 26.5. The zero-order valence-electron chi connectivity index (χ0n) is 19.7. The molecule has 0 aliphatic heterocycles. The molecule has 0 aliphatic rings. The molecule has 188 valence electrons. The monoisotopic (exact) mass is 529 g/mol. The van der Waals surface area contributed by atoms with Gasteiger partial charge in [0.25, 0.3) is 15.9 Å². The Morgan fingerprint density at radius 2 is 1.50 bits per heavy atom. The van der Waals surface area contributed by atoms with Crippen LogP contribution in [-0.2, 0) is 24.3 Å². The molecule has 0 heterocycles. The second-order valence-electron chi connectivity index (χ2n) is 7.75. The Labute approximate surface area is 214 Å². The molecule has 0 bridgehead atoms. The lowest BCUT2D eigenvalue weighted by Crippen LogP contribution is -2.30. The lowest BCUT2D eigenvalue weighted by molar-refractivity contribution is -0.123. The number of sulfonamides is 1. The molecular weight excluding hydrogens is 506 g/mol. The Morgan fingerprint density at radius 1 is 0.917 bits per heavy atom. The number of amides is 2. The molecular formula is C25H24ClN3O6S. The molecule has 3 aromatic rings. The maximum Gasteiger partial charge on any atom is 0.340 e. The number of anilines is 3. The van der Waals surface area contributed by atoms with Crippen LogP contribution in [0, 0.1) is 0 Å². The Bertz CT molecular complexity index is 1380. The first kappa shape index (κ1) is 26.7.